The van der Waals surface area contributed by atoms with Gasteiger partial charge in [-0.15, -0.1) is 0 Å². The Morgan fingerprint density at radius 1 is 1.07 bits per heavy atom. The van der Waals surface area contributed by atoms with E-state index >= 15 is 0 Å². The first-order valence-electron chi connectivity index (χ1n) is 5.74. The van der Waals surface area contributed by atoms with Gasteiger partial charge in [0, 0.05) is 10.1 Å². The van der Waals surface area contributed by atoms with Gasteiger partial charge in [0.15, 0.2) is 0 Å². The van der Waals surface area contributed by atoms with Crippen LogP contribution >= 0.6 is 0 Å². The van der Waals surface area contributed by atoms with E-state index in [2.05, 4.69) is 19.1 Å². The minimum Gasteiger partial charge on any atom is -0.254 e. The number of aryl methyl sites for hydroxylation is 1. The summed E-state index contributed by atoms with van der Waals surface area (Å²) in [5.41, 5.74) is 1.24. The Morgan fingerprint density at radius 3 is 2.27 bits per heavy atom. The lowest BCUT2D eigenvalue weighted by atomic mass is 10.0. The van der Waals surface area contributed by atoms with Crippen LogP contribution in [0.4, 0.5) is 0 Å². The minimum absolute atomic E-state index is 0.404. The van der Waals surface area contributed by atoms with Gasteiger partial charge in [-0.1, -0.05) is 37.0 Å². The van der Waals surface area contributed by atoms with Crippen LogP contribution in [-0.2, 0) is 10.8 Å². The van der Waals surface area contributed by atoms with Gasteiger partial charge >= 0.3 is 0 Å². The smallest absolute Gasteiger partial charge is 0.0560 e. The molecule has 1 nitrogen and oxygen atoms in total. The molecule has 2 heteroatoms. The molecule has 1 aromatic carbocycles. The lowest BCUT2D eigenvalue weighted by Crippen LogP contribution is -2.18. The molecule has 1 saturated carbocycles. The molecule has 1 unspecified atom stereocenters. The molecular formula is C13H18OS. The van der Waals surface area contributed by atoms with E-state index in [9.17, 15) is 4.21 Å². The summed E-state index contributed by atoms with van der Waals surface area (Å²) in [6, 6.07) is 8.13. The molecule has 1 atom stereocenters. The van der Waals surface area contributed by atoms with Crippen molar-refractivity contribution in [3.63, 3.8) is 0 Å². The van der Waals surface area contributed by atoms with Crippen LogP contribution in [0.25, 0.3) is 0 Å². The van der Waals surface area contributed by atoms with Crippen molar-refractivity contribution < 1.29 is 4.21 Å². The van der Waals surface area contributed by atoms with Crippen LogP contribution in [0, 0.1) is 6.92 Å². The molecule has 0 radical (unpaired) electrons. The van der Waals surface area contributed by atoms with E-state index in [0.717, 1.165) is 17.7 Å². The predicted molar refractivity (Wildman–Crippen MR) is 64.5 cm³/mol. The molecule has 0 aliphatic heterocycles. The third-order valence-electron chi connectivity index (χ3n) is 3.11. The van der Waals surface area contributed by atoms with E-state index < -0.39 is 10.8 Å². The molecular weight excluding hydrogens is 204 g/mol. The van der Waals surface area contributed by atoms with Crippen molar-refractivity contribution in [2.75, 3.05) is 0 Å². The molecule has 0 N–H and O–H groups in total. The summed E-state index contributed by atoms with van der Waals surface area (Å²) in [7, 11) is -0.778. The fraction of sp³-hybridized carbons (Fsp3) is 0.538. The van der Waals surface area contributed by atoms with Crippen LogP contribution in [-0.4, -0.2) is 9.46 Å². The molecule has 15 heavy (non-hydrogen) atoms. The second kappa shape index (κ2) is 4.93. The third kappa shape index (κ3) is 2.69. The van der Waals surface area contributed by atoms with Gasteiger partial charge in [-0.2, -0.15) is 0 Å². The molecule has 0 saturated heterocycles. The molecule has 1 aromatic rings. The first-order valence-corrected chi connectivity index (χ1v) is 6.96. The average molecular weight is 222 g/mol. The monoisotopic (exact) mass is 222 g/mol. The second-order valence-corrected chi connectivity index (χ2v) is 6.10. The summed E-state index contributed by atoms with van der Waals surface area (Å²) in [5, 5.41) is 0.404. The number of hydrogen-bond donors (Lipinski definition) is 0. The van der Waals surface area contributed by atoms with Crippen LogP contribution in [0.15, 0.2) is 29.2 Å². The first kappa shape index (κ1) is 10.9. The highest BCUT2D eigenvalue weighted by molar-refractivity contribution is 7.85. The predicted octanol–water partition coefficient (Wildman–Crippen LogP) is 3.44. The molecule has 1 aliphatic rings. The van der Waals surface area contributed by atoms with E-state index in [4.69, 9.17) is 0 Å². The lowest BCUT2D eigenvalue weighted by molar-refractivity contribution is 0.504. The summed E-state index contributed by atoms with van der Waals surface area (Å²) in [4.78, 5) is 1.01. The second-order valence-electron chi connectivity index (χ2n) is 4.37. The normalized spacial score (nSPS) is 20.1. The van der Waals surface area contributed by atoms with E-state index in [1.165, 1.54) is 24.8 Å². The van der Waals surface area contributed by atoms with E-state index in [1.54, 1.807) is 0 Å². The average Bonchev–Trinajstić information content (AvgIpc) is 2.30. The fourth-order valence-electron chi connectivity index (χ4n) is 2.14. The molecule has 0 amide bonds. The summed E-state index contributed by atoms with van der Waals surface area (Å²) in [5.74, 6) is 0. The molecule has 2 rings (SSSR count). The maximum Gasteiger partial charge on any atom is 0.0560 e. The van der Waals surface area contributed by atoms with Gasteiger partial charge in [-0.05, 0) is 31.9 Å². The Hall–Kier alpha value is -0.630. The minimum atomic E-state index is -0.778. The van der Waals surface area contributed by atoms with Gasteiger partial charge < -0.3 is 0 Å². The lowest BCUT2D eigenvalue weighted by Gasteiger charge is -2.20. The van der Waals surface area contributed by atoms with Gasteiger partial charge in [0.1, 0.15) is 0 Å². The Balaban J connectivity index is 2.09. The van der Waals surface area contributed by atoms with Crippen LogP contribution in [0.2, 0.25) is 0 Å². The number of benzene rings is 1. The van der Waals surface area contributed by atoms with Crippen molar-refractivity contribution in [3.8, 4) is 0 Å². The van der Waals surface area contributed by atoms with E-state index in [-0.39, 0.29) is 0 Å². The van der Waals surface area contributed by atoms with Crippen LogP contribution in [0.5, 0.6) is 0 Å². The quantitative estimate of drug-likeness (QED) is 0.749. The molecule has 0 spiro atoms. The SMILES string of the molecule is Cc1ccc(S(=O)C2CCCCC2)cc1. The van der Waals surface area contributed by atoms with Gasteiger partial charge in [0.25, 0.3) is 0 Å². The zero-order valence-electron chi connectivity index (χ0n) is 9.24. The van der Waals surface area contributed by atoms with Gasteiger partial charge in [-0.3, -0.25) is 4.21 Å². The van der Waals surface area contributed by atoms with Gasteiger partial charge in [0.05, 0.1) is 10.8 Å². The van der Waals surface area contributed by atoms with Gasteiger partial charge in [-0.25, -0.2) is 0 Å². The molecule has 82 valence electrons. The van der Waals surface area contributed by atoms with Crippen molar-refractivity contribution in [1.82, 2.24) is 0 Å². The Kier molecular flexibility index (Phi) is 3.57. The topological polar surface area (TPSA) is 17.1 Å². The Bertz CT molecular complexity index is 336. The van der Waals surface area contributed by atoms with Crippen LogP contribution in [0.3, 0.4) is 0 Å². The Morgan fingerprint density at radius 2 is 1.67 bits per heavy atom. The maximum atomic E-state index is 12.2. The fourth-order valence-corrected chi connectivity index (χ4v) is 3.69. The zero-order chi connectivity index (χ0) is 10.7. The largest absolute Gasteiger partial charge is 0.254 e. The maximum absolute atomic E-state index is 12.2. The van der Waals surface area contributed by atoms with Crippen LogP contribution < -0.4 is 0 Å². The van der Waals surface area contributed by atoms with Crippen molar-refractivity contribution in [2.45, 2.75) is 49.2 Å². The van der Waals surface area contributed by atoms with Crippen molar-refractivity contribution in [2.24, 2.45) is 0 Å². The Labute approximate surface area is 94.4 Å². The first-order chi connectivity index (χ1) is 7.27. The van der Waals surface area contributed by atoms with E-state index in [1.807, 2.05) is 12.1 Å². The summed E-state index contributed by atoms with van der Waals surface area (Å²) in [6.07, 6.45) is 6.10. The summed E-state index contributed by atoms with van der Waals surface area (Å²) in [6.45, 7) is 2.06. The molecule has 1 aliphatic carbocycles. The van der Waals surface area contributed by atoms with Crippen LogP contribution in [0.1, 0.15) is 37.7 Å². The molecule has 0 bridgehead atoms. The highest BCUT2D eigenvalue weighted by Crippen LogP contribution is 2.25. The summed E-state index contributed by atoms with van der Waals surface area (Å²) >= 11 is 0. The third-order valence-corrected chi connectivity index (χ3v) is 4.92. The number of rotatable bonds is 2. The standard InChI is InChI=1S/C13H18OS/c1-11-7-9-13(10-8-11)15(14)12-5-3-2-4-6-12/h7-10,12H,2-6H2,1H3. The number of hydrogen-bond acceptors (Lipinski definition) is 1. The van der Waals surface area contributed by atoms with Crippen molar-refractivity contribution >= 4 is 10.8 Å². The molecule has 1 fully saturated rings. The highest BCUT2D eigenvalue weighted by Gasteiger charge is 2.20. The van der Waals surface area contributed by atoms with Crippen molar-refractivity contribution in [3.05, 3.63) is 29.8 Å². The molecule has 0 aromatic heterocycles. The zero-order valence-corrected chi connectivity index (χ0v) is 10.1. The highest BCUT2D eigenvalue weighted by atomic mass is 32.2. The van der Waals surface area contributed by atoms with E-state index in [0.29, 0.717) is 5.25 Å². The van der Waals surface area contributed by atoms with Crippen molar-refractivity contribution in [1.29, 1.82) is 0 Å². The molecule has 0 heterocycles. The summed E-state index contributed by atoms with van der Waals surface area (Å²) < 4.78 is 12.2. The van der Waals surface area contributed by atoms with Gasteiger partial charge in [0.2, 0.25) is 0 Å².